The summed E-state index contributed by atoms with van der Waals surface area (Å²) >= 11 is 2.88. The largest absolute Gasteiger partial charge is 0.298 e. The molecule has 0 spiro atoms. The molecule has 128 valence electrons. The number of nitrogens with zero attached hydrogens (tertiary/aromatic N) is 2. The number of amides is 1. The van der Waals surface area contributed by atoms with Crippen molar-refractivity contribution in [2.24, 2.45) is 0 Å². The van der Waals surface area contributed by atoms with Gasteiger partial charge in [0.2, 0.25) is 0 Å². The number of aromatic nitrogens is 2. The second kappa shape index (κ2) is 7.37. The zero-order valence-electron chi connectivity index (χ0n) is 14.6. The van der Waals surface area contributed by atoms with E-state index in [0.29, 0.717) is 15.7 Å². The standard InChI is InChI=1S/C19H19N3OS2/c1-11-8-13(3)15(9-12(11)2)16-10-25-19(21-16)22-17(23)14-6-5-7-20-18(14)24-4/h5-10H,1-4H3,(H,21,22,23). The molecule has 0 bridgehead atoms. The molecule has 2 aromatic heterocycles. The molecule has 1 aromatic carbocycles. The molecule has 0 saturated heterocycles. The van der Waals surface area contributed by atoms with Gasteiger partial charge in [-0.1, -0.05) is 6.07 Å². The van der Waals surface area contributed by atoms with E-state index in [1.54, 1.807) is 18.3 Å². The number of carbonyl (C=O) groups is 1. The van der Waals surface area contributed by atoms with Crippen molar-refractivity contribution < 1.29 is 4.79 Å². The minimum Gasteiger partial charge on any atom is -0.298 e. The first-order chi connectivity index (χ1) is 12.0. The molecular formula is C19H19N3OS2. The Morgan fingerprint density at radius 2 is 1.92 bits per heavy atom. The second-order valence-corrected chi connectivity index (χ2v) is 7.46. The molecule has 3 rings (SSSR count). The minimum atomic E-state index is -0.185. The summed E-state index contributed by atoms with van der Waals surface area (Å²) in [6.07, 6.45) is 3.59. The lowest BCUT2D eigenvalue weighted by Gasteiger charge is -2.08. The first-order valence-electron chi connectivity index (χ1n) is 7.83. The van der Waals surface area contributed by atoms with Gasteiger partial charge in [-0.3, -0.25) is 10.1 Å². The van der Waals surface area contributed by atoms with Crippen molar-refractivity contribution in [2.75, 3.05) is 11.6 Å². The number of anilines is 1. The van der Waals surface area contributed by atoms with Crippen molar-refractivity contribution in [1.29, 1.82) is 0 Å². The summed E-state index contributed by atoms with van der Waals surface area (Å²) in [5, 5.41) is 6.16. The number of rotatable bonds is 4. The Hall–Kier alpha value is -2.18. The molecule has 0 unspecified atom stereocenters. The molecule has 0 aliphatic carbocycles. The maximum Gasteiger partial charge on any atom is 0.260 e. The van der Waals surface area contributed by atoms with Crippen LogP contribution in [0.1, 0.15) is 27.0 Å². The van der Waals surface area contributed by atoms with E-state index >= 15 is 0 Å². The zero-order valence-corrected chi connectivity index (χ0v) is 16.2. The van der Waals surface area contributed by atoms with Crippen LogP contribution in [0, 0.1) is 20.8 Å². The Morgan fingerprint density at radius 3 is 2.68 bits per heavy atom. The maximum atomic E-state index is 12.5. The van der Waals surface area contributed by atoms with E-state index in [2.05, 4.69) is 48.2 Å². The van der Waals surface area contributed by atoms with Gasteiger partial charge in [-0.15, -0.1) is 23.1 Å². The van der Waals surface area contributed by atoms with Crippen molar-refractivity contribution in [3.8, 4) is 11.3 Å². The van der Waals surface area contributed by atoms with E-state index in [-0.39, 0.29) is 5.91 Å². The fourth-order valence-corrected chi connectivity index (χ4v) is 3.83. The third-order valence-corrected chi connectivity index (χ3v) is 5.52. The summed E-state index contributed by atoms with van der Waals surface area (Å²) in [4.78, 5) is 21.3. The molecule has 1 N–H and O–H groups in total. The summed E-state index contributed by atoms with van der Waals surface area (Å²) in [6.45, 7) is 6.29. The molecule has 25 heavy (non-hydrogen) atoms. The van der Waals surface area contributed by atoms with Gasteiger partial charge in [-0.2, -0.15) is 0 Å². The molecule has 0 atom stereocenters. The monoisotopic (exact) mass is 369 g/mol. The summed E-state index contributed by atoms with van der Waals surface area (Å²) in [7, 11) is 0. The van der Waals surface area contributed by atoms with Gasteiger partial charge in [0, 0.05) is 17.1 Å². The van der Waals surface area contributed by atoms with Gasteiger partial charge in [0.25, 0.3) is 5.91 Å². The van der Waals surface area contributed by atoms with Gasteiger partial charge in [-0.25, -0.2) is 9.97 Å². The number of thioether (sulfide) groups is 1. The third-order valence-electron chi connectivity index (χ3n) is 4.05. The molecule has 0 aliphatic rings. The van der Waals surface area contributed by atoms with Crippen LogP contribution in [0.2, 0.25) is 0 Å². The Kier molecular flexibility index (Phi) is 5.20. The second-order valence-electron chi connectivity index (χ2n) is 5.80. The minimum absolute atomic E-state index is 0.185. The molecule has 0 radical (unpaired) electrons. The molecule has 0 fully saturated rings. The van der Waals surface area contributed by atoms with E-state index in [9.17, 15) is 4.79 Å². The molecule has 4 nitrogen and oxygen atoms in total. The highest BCUT2D eigenvalue weighted by atomic mass is 32.2. The average molecular weight is 370 g/mol. The fraction of sp³-hybridized carbons (Fsp3) is 0.211. The summed E-state index contributed by atoms with van der Waals surface area (Å²) in [5.74, 6) is -0.185. The van der Waals surface area contributed by atoms with Crippen molar-refractivity contribution in [1.82, 2.24) is 9.97 Å². The Labute approximate surface area is 155 Å². The lowest BCUT2D eigenvalue weighted by Crippen LogP contribution is -2.13. The number of thiazole rings is 1. The molecule has 3 aromatic rings. The lowest BCUT2D eigenvalue weighted by atomic mass is 9.99. The van der Waals surface area contributed by atoms with Gasteiger partial charge < -0.3 is 0 Å². The van der Waals surface area contributed by atoms with Crippen LogP contribution in [0.5, 0.6) is 0 Å². The van der Waals surface area contributed by atoms with Crippen LogP contribution in [0.25, 0.3) is 11.3 Å². The molecule has 2 heterocycles. The van der Waals surface area contributed by atoms with Crippen LogP contribution < -0.4 is 5.32 Å². The summed E-state index contributed by atoms with van der Waals surface area (Å²) in [5.41, 5.74) is 6.24. The summed E-state index contributed by atoms with van der Waals surface area (Å²) in [6, 6.07) is 7.86. The SMILES string of the molecule is CSc1ncccc1C(=O)Nc1nc(-c2cc(C)c(C)cc2C)cs1. The molecule has 6 heteroatoms. The van der Waals surface area contributed by atoms with Crippen molar-refractivity contribution in [3.63, 3.8) is 0 Å². The van der Waals surface area contributed by atoms with Crippen LogP contribution in [0.3, 0.4) is 0 Å². The van der Waals surface area contributed by atoms with Crippen molar-refractivity contribution in [2.45, 2.75) is 25.8 Å². The predicted octanol–water partition coefficient (Wildman–Crippen LogP) is 5.10. The smallest absolute Gasteiger partial charge is 0.260 e. The molecular weight excluding hydrogens is 350 g/mol. The number of hydrogen-bond donors (Lipinski definition) is 1. The predicted molar refractivity (Wildman–Crippen MR) is 106 cm³/mol. The first kappa shape index (κ1) is 17.6. The highest BCUT2D eigenvalue weighted by molar-refractivity contribution is 7.98. The highest BCUT2D eigenvalue weighted by Gasteiger charge is 2.15. The fourth-order valence-electron chi connectivity index (χ4n) is 2.58. The van der Waals surface area contributed by atoms with Gasteiger partial charge in [0.15, 0.2) is 5.13 Å². The van der Waals surface area contributed by atoms with Gasteiger partial charge in [-0.05, 0) is 61.9 Å². The highest BCUT2D eigenvalue weighted by Crippen LogP contribution is 2.30. The zero-order chi connectivity index (χ0) is 18.0. The summed E-state index contributed by atoms with van der Waals surface area (Å²) < 4.78 is 0. The topological polar surface area (TPSA) is 54.9 Å². The number of nitrogens with one attached hydrogen (secondary N) is 1. The molecule has 0 aliphatic heterocycles. The Morgan fingerprint density at radius 1 is 1.16 bits per heavy atom. The first-order valence-corrected chi connectivity index (χ1v) is 9.94. The number of pyridine rings is 1. The van der Waals surface area contributed by atoms with E-state index in [4.69, 9.17) is 0 Å². The van der Waals surface area contributed by atoms with E-state index in [0.717, 1.165) is 11.3 Å². The van der Waals surface area contributed by atoms with Crippen LogP contribution >= 0.6 is 23.1 Å². The Balaban J connectivity index is 1.85. The van der Waals surface area contributed by atoms with Gasteiger partial charge in [0.1, 0.15) is 5.03 Å². The van der Waals surface area contributed by atoms with Crippen LogP contribution in [-0.4, -0.2) is 22.1 Å². The van der Waals surface area contributed by atoms with Crippen LogP contribution in [0.4, 0.5) is 5.13 Å². The van der Waals surface area contributed by atoms with E-state index in [1.165, 1.54) is 39.8 Å². The molecule has 0 saturated carbocycles. The Bertz CT molecular complexity index is 934. The quantitative estimate of drug-likeness (QED) is 0.650. The average Bonchev–Trinajstić information content (AvgIpc) is 3.06. The molecule has 1 amide bonds. The maximum absolute atomic E-state index is 12.5. The number of aryl methyl sites for hydroxylation is 3. The van der Waals surface area contributed by atoms with Gasteiger partial charge in [0.05, 0.1) is 11.3 Å². The lowest BCUT2D eigenvalue weighted by molar-refractivity contribution is 0.102. The van der Waals surface area contributed by atoms with E-state index < -0.39 is 0 Å². The normalized spacial score (nSPS) is 10.7. The van der Waals surface area contributed by atoms with Crippen LogP contribution in [0.15, 0.2) is 40.9 Å². The number of benzene rings is 1. The van der Waals surface area contributed by atoms with Crippen LogP contribution in [-0.2, 0) is 0 Å². The number of carbonyl (C=O) groups excluding carboxylic acids is 1. The number of hydrogen-bond acceptors (Lipinski definition) is 5. The van der Waals surface area contributed by atoms with Crippen molar-refractivity contribution in [3.05, 3.63) is 58.1 Å². The third kappa shape index (κ3) is 3.75. The van der Waals surface area contributed by atoms with Gasteiger partial charge >= 0.3 is 0 Å². The van der Waals surface area contributed by atoms with Crippen molar-refractivity contribution >= 4 is 34.1 Å². The van der Waals surface area contributed by atoms with E-state index in [1.807, 2.05) is 11.6 Å².